The van der Waals surface area contributed by atoms with Crippen LogP contribution in [0.25, 0.3) is 10.4 Å². The first-order chi connectivity index (χ1) is 8.70. The van der Waals surface area contributed by atoms with Gasteiger partial charge in [0.2, 0.25) is 0 Å². The van der Waals surface area contributed by atoms with Gasteiger partial charge in [0.05, 0.1) is 7.11 Å². The summed E-state index contributed by atoms with van der Waals surface area (Å²) in [6.45, 7) is 1.78. The third kappa shape index (κ3) is 2.90. The zero-order valence-electron chi connectivity index (χ0n) is 10.3. The van der Waals surface area contributed by atoms with Gasteiger partial charge in [-0.3, -0.25) is 0 Å². The minimum atomic E-state index is -0.340. The van der Waals surface area contributed by atoms with Crippen molar-refractivity contribution in [2.24, 2.45) is 0 Å². The summed E-state index contributed by atoms with van der Waals surface area (Å²) in [6.07, 6.45) is 0. The maximum atomic E-state index is 11.3. The van der Waals surface area contributed by atoms with Crippen LogP contribution in [0.15, 0.2) is 41.8 Å². The molecule has 1 aromatic carbocycles. The van der Waals surface area contributed by atoms with Gasteiger partial charge in [0.25, 0.3) is 0 Å². The Labute approximate surface area is 110 Å². The van der Waals surface area contributed by atoms with E-state index in [1.165, 1.54) is 17.6 Å². The molecule has 1 N–H and O–H groups in total. The molecule has 0 aliphatic rings. The normalized spacial score (nSPS) is 11.9. The Hall–Kier alpha value is -1.81. The van der Waals surface area contributed by atoms with Crippen molar-refractivity contribution in [3.63, 3.8) is 0 Å². The van der Waals surface area contributed by atoms with Gasteiger partial charge in [-0.05, 0) is 18.6 Å². The van der Waals surface area contributed by atoms with Crippen molar-refractivity contribution in [1.82, 2.24) is 0 Å². The maximum absolute atomic E-state index is 11.3. The van der Waals surface area contributed by atoms with Gasteiger partial charge < -0.3 is 10.1 Å². The van der Waals surface area contributed by atoms with Crippen molar-refractivity contribution >= 4 is 23.0 Å². The molecule has 1 heterocycles. The molecule has 2 rings (SSSR count). The van der Waals surface area contributed by atoms with Crippen molar-refractivity contribution in [2.45, 2.75) is 13.0 Å². The fraction of sp³-hybridized carbons (Fsp3) is 0.214. The first-order valence-electron chi connectivity index (χ1n) is 5.69. The summed E-state index contributed by atoms with van der Waals surface area (Å²) >= 11 is 1.65. The second kappa shape index (κ2) is 5.69. The number of methoxy groups -OCH3 is 1. The predicted molar refractivity (Wildman–Crippen MR) is 74.9 cm³/mol. The lowest BCUT2D eigenvalue weighted by atomic mass is 10.2. The number of nitrogens with one attached hydrogen (secondary N) is 1. The van der Waals surface area contributed by atoms with Crippen molar-refractivity contribution in [2.75, 3.05) is 12.4 Å². The molecule has 94 valence electrons. The Bertz CT molecular complexity index is 522. The van der Waals surface area contributed by atoms with E-state index in [-0.39, 0.29) is 12.0 Å². The van der Waals surface area contributed by atoms with Crippen LogP contribution in [-0.2, 0) is 9.53 Å². The molecule has 18 heavy (non-hydrogen) atoms. The lowest BCUT2D eigenvalue weighted by molar-refractivity contribution is -0.141. The Morgan fingerprint density at radius 1 is 1.33 bits per heavy atom. The summed E-state index contributed by atoms with van der Waals surface area (Å²) < 4.78 is 4.68. The Morgan fingerprint density at radius 2 is 2.06 bits per heavy atom. The summed E-state index contributed by atoms with van der Waals surface area (Å²) in [4.78, 5) is 12.5. The number of benzene rings is 1. The number of esters is 1. The van der Waals surface area contributed by atoms with Crippen LogP contribution in [0, 0.1) is 0 Å². The van der Waals surface area contributed by atoms with Crippen molar-refractivity contribution in [3.05, 3.63) is 41.8 Å². The SMILES string of the molecule is COC(=O)[C@H](C)Nc1csc(-c2ccccc2)c1. The van der Waals surface area contributed by atoms with Gasteiger partial charge in [0, 0.05) is 15.9 Å². The van der Waals surface area contributed by atoms with E-state index in [9.17, 15) is 4.79 Å². The zero-order chi connectivity index (χ0) is 13.0. The molecular formula is C14H15NO2S. The highest BCUT2D eigenvalue weighted by Gasteiger charge is 2.13. The van der Waals surface area contributed by atoms with E-state index in [1.54, 1.807) is 18.3 Å². The van der Waals surface area contributed by atoms with Crippen LogP contribution < -0.4 is 5.32 Å². The second-order valence-electron chi connectivity index (χ2n) is 3.95. The molecule has 1 aromatic heterocycles. The number of ether oxygens (including phenoxy) is 1. The molecule has 0 spiro atoms. The van der Waals surface area contributed by atoms with Gasteiger partial charge in [-0.15, -0.1) is 11.3 Å². The molecule has 0 unspecified atom stereocenters. The number of hydrogen-bond acceptors (Lipinski definition) is 4. The molecular weight excluding hydrogens is 246 g/mol. The average molecular weight is 261 g/mol. The van der Waals surface area contributed by atoms with Crippen LogP contribution in [0.1, 0.15) is 6.92 Å². The first-order valence-corrected chi connectivity index (χ1v) is 6.57. The van der Waals surface area contributed by atoms with Gasteiger partial charge in [-0.2, -0.15) is 0 Å². The number of carbonyl (C=O) groups excluding carboxylic acids is 1. The molecule has 0 fully saturated rings. The van der Waals surface area contributed by atoms with Crippen molar-refractivity contribution in [1.29, 1.82) is 0 Å². The maximum Gasteiger partial charge on any atom is 0.327 e. The smallest absolute Gasteiger partial charge is 0.327 e. The van der Waals surface area contributed by atoms with E-state index in [0.29, 0.717) is 0 Å². The highest BCUT2D eigenvalue weighted by Crippen LogP contribution is 2.29. The van der Waals surface area contributed by atoms with Crippen LogP contribution in [0.4, 0.5) is 5.69 Å². The summed E-state index contributed by atoms with van der Waals surface area (Å²) in [6, 6.07) is 11.9. The number of hydrogen-bond donors (Lipinski definition) is 1. The number of rotatable bonds is 4. The molecule has 0 amide bonds. The largest absolute Gasteiger partial charge is 0.467 e. The molecule has 0 radical (unpaired) electrons. The molecule has 0 aliphatic carbocycles. The summed E-state index contributed by atoms with van der Waals surface area (Å²) in [5.41, 5.74) is 2.12. The topological polar surface area (TPSA) is 38.3 Å². The van der Waals surface area contributed by atoms with Gasteiger partial charge in [0.1, 0.15) is 6.04 Å². The second-order valence-corrected chi connectivity index (χ2v) is 4.87. The minimum Gasteiger partial charge on any atom is -0.467 e. The molecule has 4 heteroatoms. The van der Waals surface area contributed by atoms with E-state index in [2.05, 4.69) is 22.2 Å². The zero-order valence-corrected chi connectivity index (χ0v) is 11.2. The predicted octanol–water partition coefficient (Wildman–Crippen LogP) is 3.39. The van der Waals surface area contributed by atoms with Crippen molar-refractivity contribution in [3.8, 4) is 10.4 Å². The molecule has 0 saturated carbocycles. The van der Waals surface area contributed by atoms with Crippen LogP contribution in [-0.4, -0.2) is 19.1 Å². The van der Waals surface area contributed by atoms with E-state index in [4.69, 9.17) is 0 Å². The van der Waals surface area contributed by atoms with Gasteiger partial charge in [-0.1, -0.05) is 30.3 Å². The average Bonchev–Trinajstić information content (AvgIpc) is 2.87. The standard InChI is InChI=1S/C14H15NO2S/c1-10(14(16)17-2)15-12-8-13(18-9-12)11-6-4-3-5-7-11/h3-10,15H,1-2H3/t10-/m0/s1. The molecule has 0 saturated heterocycles. The van der Waals surface area contributed by atoms with E-state index in [1.807, 2.05) is 29.6 Å². The van der Waals surface area contributed by atoms with E-state index < -0.39 is 0 Å². The molecule has 2 aromatic rings. The van der Waals surface area contributed by atoms with E-state index in [0.717, 1.165) is 5.69 Å². The van der Waals surface area contributed by atoms with Crippen LogP contribution in [0.2, 0.25) is 0 Å². The lowest BCUT2D eigenvalue weighted by Gasteiger charge is -2.10. The fourth-order valence-electron chi connectivity index (χ4n) is 1.65. The number of carbonyl (C=O) groups is 1. The van der Waals surface area contributed by atoms with Crippen LogP contribution in [0.5, 0.6) is 0 Å². The quantitative estimate of drug-likeness (QED) is 0.857. The van der Waals surface area contributed by atoms with Crippen LogP contribution >= 0.6 is 11.3 Å². The number of anilines is 1. The van der Waals surface area contributed by atoms with Gasteiger partial charge in [0.15, 0.2) is 0 Å². The summed E-state index contributed by atoms with van der Waals surface area (Å²) in [7, 11) is 1.39. The Kier molecular flexibility index (Phi) is 3.99. The summed E-state index contributed by atoms with van der Waals surface area (Å²) in [5, 5.41) is 5.12. The fourth-order valence-corrected chi connectivity index (χ4v) is 2.51. The highest BCUT2D eigenvalue weighted by molar-refractivity contribution is 7.14. The Balaban J connectivity index is 2.09. The van der Waals surface area contributed by atoms with Crippen LogP contribution in [0.3, 0.4) is 0 Å². The molecule has 0 bridgehead atoms. The monoisotopic (exact) mass is 261 g/mol. The van der Waals surface area contributed by atoms with Gasteiger partial charge in [-0.25, -0.2) is 4.79 Å². The Morgan fingerprint density at radius 3 is 2.72 bits per heavy atom. The third-order valence-electron chi connectivity index (χ3n) is 2.60. The number of thiophene rings is 1. The van der Waals surface area contributed by atoms with E-state index >= 15 is 0 Å². The first kappa shape index (κ1) is 12.6. The van der Waals surface area contributed by atoms with Gasteiger partial charge >= 0.3 is 5.97 Å². The van der Waals surface area contributed by atoms with Crippen molar-refractivity contribution < 1.29 is 9.53 Å². The minimum absolute atomic E-state index is 0.262. The molecule has 0 aliphatic heterocycles. The highest BCUT2D eigenvalue weighted by atomic mass is 32.1. The third-order valence-corrected chi connectivity index (χ3v) is 3.57. The molecule has 1 atom stereocenters. The lowest BCUT2D eigenvalue weighted by Crippen LogP contribution is -2.26. The molecule has 3 nitrogen and oxygen atoms in total. The summed E-state index contributed by atoms with van der Waals surface area (Å²) in [5.74, 6) is -0.262.